The second kappa shape index (κ2) is 8.37. The number of benzene rings is 1. The van der Waals surface area contributed by atoms with E-state index >= 15 is 0 Å². The zero-order chi connectivity index (χ0) is 20.4. The number of nitrogens with two attached hydrogens (primary N) is 1. The predicted octanol–water partition coefficient (Wildman–Crippen LogP) is 1.38. The summed E-state index contributed by atoms with van der Waals surface area (Å²) in [7, 11) is 3.21. The molecule has 3 atom stereocenters. The summed E-state index contributed by atoms with van der Waals surface area (Å²) in [5.41, 5.74) is 5.66. The van der Waals surface area contributed by atoms with Crippen molar-refractivity contribution in [1.82, 2.24) is 9.55 Å². The minimum Gasteiger partial charge on any atom is -0.490 e. The molecule has 0 spiro atoms. The monoisotopic (exact) mass is 404 g/mol. The van der Waals surface area contributed by atoms with Crippen molar-refractivity contribution in [1.29, 1.82) is 0 Å². The van der Waals surface area contributed by atoms with E-state index in [9.17, 15) is 4.79 Å². The van der Waals surface area contributed by atoms with Crippen LogP contribution >= 0.6 is 0 Å². The number of para-hydroxylation sites is 1. The first-order valence-corrected chi connectivity index (χ1v) is 9.35. The number of hydrogen-bond acceptors (Lipinski definition) is 9. The molecular formula is C19H24N4O6. The highest BCUT2D eigenvalue weighted by Gasteiger charge is 2.37. The summed E-state index contributed by atoms with van der Waals surface area (Å²) >= 11 is 0. The Morgan fingerprint density at radius 3 is 2.97 bits per heavy atom. The van der Waals surface area contributed by atoms with Crippen LogP contribution in [0.25, 0.3) is 0 Å². The number of rotatable bonds is 7. The molecule has 3 heterocycles. The number of hydrogen-bond donors (Lipinski definition) is 2. The smallest absolute Gasteiger partial charge is 0.351 e. The van der Waals surface area contributed by atoms with Crippen LogP contribution in [0.15, 0.2) is 29.2 Å². The summed E-state index contributed by atoms with van der Waals surface area (Å²) < 4.78 is 29.6. The number of fused-ring (bicyclic) bond motifs is 2. The molecule has 2 aromatic rings. The Morgan fingerprint density at radius 1 is 1.34 bits per heavy atom. The molecule has 29 heavy (non-hydrogen) atoms. The Kier molecular flexibility index (Phi) is 5.67. The van der Waals surface area contributed by atoms with Gasteiger partial charge in [-0.3, -0.25) is 4.57 Å². The van der Waals surface area contributed by atoms with E-state index in [2.05, 4.69) is 10.3 Å². The van der Waals surface area contributed by atoms with Gasteiger partial charge in [0, 0.05) is 27.2 Å². The molecule has 0 aliphatic carbocycles. The molecule has 156 valence electrons. The van der Waals surface area contributed by atoms with Gasteiger partial charge in [0.2, 0.25) is 0 Å². The molecule has 1 fully saturated rings. The Morgan fingerprint density at radius 2 is 2.21 bits per heavy atom. The average Bonchev–Trinajstić information content (AvgIpc) is 3.13. The molecule has 4 rings (SSSR count). The molecule has 0 radical (unpaired) electrons. The number of nitrogens with one attached hydrogen (secondary N) is 1. The summed E-state index contributed by atoms with van der Waals surface area (Å²) in [6.45, 7) is 1.12. The van der Waals surface area contributed by atoms with Crippen LogP contribution in [0.1, 0.15) is 12.6 Å². The van der Waals surface area contributed by atoms with Crippen LogP contribution in [0.5, 0.6) is 17.2 Å². The SMILES string of the molecule is COC[C@H]1O[C@@H](n2cc3c(nc2=O)Nc2c(OCCN)cccc2O3)C[C@H]1OC. The standard InChI is InChI=1S/C19H24N4O6/c1-25-10-15-13(26-2)8-16(29-15)23-9-14-18(22-19(23)24)21-17-11(27-7-6-20)4-3-5-12(17)28-14/h3-5,9,13,15-16H,6-8,10,20H2,1-2H3,(H,21,22,24)/t13-,15-,16-/m1/s1. The number of aromatic nitrogens is 2. The van der Waals surface area contributed by atoms with Gasteiger partial charge in [-0.15, -0.1) is 0 Å². The second-order valence-electron chi connectivity index (χ2n) is 6.73. The molecule has 3 N–H and O–H groups in total. The maximum atomic E-state index is 12.7. The summed E-state index contributed by atoms with van der Waals surface area (Å²) in [5.74, 6) is 1.88. The number of ether oxygens (including phenoxy) is 5. The largest absolute Gasteiger partial charge is 0.490 e. The van der Waals surface area contributed by atoms with Crippen LogP contribution in [-0.4, -0.2) is 55.7 Å². The summed E-state index contributed by atoms with van der Waals surface area (Å²) in [4.78, 5) is 16.8. The van der Waals surface area contributed by atoms with Gasteiger partial charge in [-0.2, -0.15) is 4.98 Å². The highest BCUT2D eigenvalue weighted by molar-refractivity contribution is 5.77. The van der Waals surface area contributed by atoms with Crippen LogP contribution in [0, 0.1) is 0 Å². The van der Waals surface area contributed by atoms with E-state index in [4.69, 9.17) is 29.4 Å². The lowest BCUT2D eigenvalue weighted by Gasteiger charge is -2.24. The summed E-state index contributed by atoms with van der Waals surface area (Å²) in [6, 6.07) is 5.42. The molecule has 10 heteroatoms. The van der Waals surface area contributed by atoms with Crippen LogP contribution < -0.4 is 26.2 Å². The average molecular weight is 404 g/mol. The third-order valence-corrected chi connectivity index (χ3v) is 4.87. The van der Waals surface area contributed by atoms with E-state index in [-0.39, 0.29) is 12.2 Å². The minimum atomic E-state index is -0.519. The van der Waals surface area contributed by atoms with Gasteiger partial charge >= 0.3 is 5.69 Å². The lowest BCUT2D eigenvalue weighted by Crippen LogP contribution is -2.29. The Hall–Kier alpha value is -2.66. The topological polar surface area (TPSA) is 119 Å². The Bertz CT molecular complexity index is 933. The zero-order valence-corrected chi connectivity index (χ0v) is 16.3. The van der Waals surface area contributed by atoms with Crippen LogP contribution in [0.2, 0.25) is 0 Å². The lowest BCUT2D eigenvalue weighted by atomic mass is 10.2. The quantitative estimate of drug-likeness (QED) is 0.602. The van der Waals surface area contributed by atoms with Gasteiger partial charge in [0.15, 0.2) is 17.3 Å². The molecule has 0 unspecified atom stereocenters. The molecule has 0 amide bonds. The molecule has 1 saturated heterocycles. The highest BCUT2D eigenvalue weighted by Crippen LogP contribution is 2.45. The maximum Gasteiger partial charge on any atom is 0.351 e. The van der Waals surface area contributed by atoms with Gasteiger partial charge in [0.1, 0.15) is 30.4 Å². The second-order valence-corrected chi connectivity index (χ2v) is 6.73. The van der Waals surface area contributed by atoms with Gasteiger partial charge in [0.05, 0.1) is 18.9 Å². The zero-order valence-electron chi connectivity index (χ0n) is 16.3. The third kappa shape index (κ3) is 3.79. The van der Waals surface area contributed by atoms with Gasteiger partial charge in [0.25, 0.3) is 0 Å². The van der Waals surface area contributed by atoms with E-state index < -0.39 is 11.9 Å². The number of methoxy groups -OCH3 is 2. The first kappa shape index (κ1) is 19.6. The molecule has 2 aliphatic rings. The number of nitrogens with zero attached hydrogens (tertiary/aromatic N) is 2. The minimum absolute atomic E-state index is 0.176. The number of anilines is 2. The Labute approximate surface area is 167 Å². The van der Waals surface area contributed by atoms with Crippen molar-refractivity contribution < 1.29 is 23.7 Å². The molecule has 0 bridgehead atoms. The normalized spacial score (nSPS) is 22.4. The van der Waals surface area contributed by atoms with Crippen molar-refractivity contribution >= 4 is 11.5 Å². The highest BCUT2D eigenvalue weighted by atomic mass is 16.6. The summed E-state index contributed by atoms with van der Waals surface area (Å²) in [5, 5.41) is 3.12. The van der Waals surface area contributed by atoms with E-state index in [1.54, 1.807) is 32.5 Å². The first-order valence-electron chi connectivity index (χ1n) is 9.35. The fourth-order valence-electron chi connectivity index (χ4n) is 3.50. The van der Waals surface area contributed by atoms with Crippen molar-refractivity contribution in [3.63, 3.8) is 0 Å². The fourth-order valence-corrected chi connectivity index (χ4v) is 3.50. The summed E-state index contributed by atoms with van der Waals surface area (Å²) in [6.07, 6.45) is 1.14. The van der Waals surface area contributed by atoms with E-state index in [0.29, 0.717) is 54.9 Å². The molecule has 10 nitrogen and oxygen atoms in total. The van der Waals surface area contributed by atoms with Crippen molar-refractivity contribution in [2.75, 3.05) is 39.3 Å². The first-order chi connectivity index (χ1) is 14.1. The van der Waals surface area contributed by atoms with Gasteiger partial charge in [-0.05, 0) is 12.1 Å². The maximum absolute atomic E-state index is 12.7. The van der Waals surface area contributed by atoms with Crippen molar-refractivity contribution in [2.45, 2.75) is 24.9 Å². The van der Waals surface area contributed by atoms with Crippen LogP contribution in [0.3, 0.4) is 0 Å². The molecule has 1 aromatic heterocycles. The molecule has 1 aromatic carbocycles. The van der Waals surface area contributed by atoms with E-state index in [1.165, 1.54) is 4.57 Å². The molecule has 2 aliphatic heterocycles. The van der Waals surface area contributed by atoms with Gasteiger partial charge in [-0.25, -0.2) is 4.79 Å². The van der Waals surface area contributed by atoms with Crippen LogP contribution in [0.4, 0.5) is 11.5 Å². The van der Waals surface area contributed by atoms with Crippen molar-refractivity contribution in [3.8, 4) is 17.2 Å². The van der Waals surface area contributed by atoms with Gasteiger partial charge in [-0.1, -0.05) is 6.07 Å². The van der Waals surface area contributed by atoms with Crippen molar-refractivity contribution in [3.05, 3.63) is 34.9 Å². The van der Waals surface area contributed by atoms with E-state index in [0.717, 1.165) is 0 Å². The van der Waals surface area contributed by atoms with Crippen LogP contribution in [-0.2, 0) is 14.2 Å². The third-order valence-electron chi connectivity index (χ3n) is 4.87. The Balaban J connectivity index is 1.61. The predicted molar refractivity (Wildman–Crippen MR) is 104 cm³/mol. The van der Waals surface area contributed by atoms with Gasteiger partial charge < -0.3 is 34.7 Å². The molecular weight excluding hydrogens is 380 g/mol. The van der Waals surface area contributed by atoms with E-state index in [1.807, 2.05) is 6.07 Å². The lowest BCUT2D eigenvalue weighted by molar-refractivity contribution is -0.0618. The van der Waals surface area contributed by atoms with Crippen molar-refractivity contribution in [2.24, 2.45) is 5.73 Å². The molecule has 0 saturated carbocycles. The fraction of sp³-hybridized carbons (Fsp3) is 0.474.